The number of carboxylic acids is 1. The molecule has 34 heavy (non-hydrogen) atoms. The SMILES string of the molecule is CC(C)[C@]12O[C@H]1[C@@H]1C[C@]13[C@]1(O[C@H]1C[C@H]1C4=C(CC[C@@]13C)C(=O)OC4)[C@@H]2OC(=O)OCCC(=O)O. The molecule has 9 nitrogen and oxygen atoms in total. The molecule has 9 heteroatoms. The molecular weight excluding hydrogens is 444 g/mol. The van der Waals surface area contributed by atoms with E-state index in [4.69, 9.17) is 28.8 Å². The van der Waals surface area contributed by atoms with Gasteiger partial charge in [0.2, 0.25) is 0 Å². The van der Waals surface area contributed by atoms with Crippen LogP contribution in [-0.2, 0) is 33.3 Å². The van der Waals surface area contributed by atoms with Gasteiger partial charge in [-0.3, -0.25) is 4.79 Å². The fraction of sp³-hybridized carbons (Fsp3) is 0.800. The number of hydrogen-bond acceptors (Lipinski definition) is 8. The number of carbonyl (C=O) groups excluding carboxylic acids is 2. The van der Waals surface area contributed by atoms with Crippen molar-refractivity contribution in [2.45, 2.75) is 82.4 Å². The Morgan fingerprint density at radius 1 is 1.26 bits per heavy atom. The molecule has 3 aliphatic heterocycles. The van der Waals surface area contributed by atoms with E-state index in [0.717, 1.165) is 30.4 Å². The third-order valence-electron chi connectivity index (χ3n) is 10.6. The van der Waals surface area contributed by atoms with Gasteiger partial charge in [-0.1, -0.05) is 20.8 Å². The highest BCUT2D eigenvalue weighted by Crippen LogP contribution is 2.90. The van der Waals surface area contributed by atoms with E-state index in [1.54, 1.807) is 0 Å². The number of aliphatic carboxylic acids is 1. The maximum absolute atomic E-state index is 12.7. The second-order valence-corrected chi connectivity index (χ2v) is 11.8. The first-order valence-corrected chi connectivity index (χ1v) is 12.4. The van der Waals surface area contributed by atoms with E-state index in [1.165, 1.54) is 0 Å². The Morgan fingerprint density at radius 3 is 2.79 bits per heavy atom. The van der Waals surface area contributed by atoms with Crippen LogP contribution in [0.3, 0.4) is 0 Å². The van der Waals surface area contributed by atoms with Gasteiger partial charge in [0.15, 0.2) is 6.10 Å². The molecule has 3 saturated carbocycles. The van der Waals surface area contributed by atoms with Gasteiger partial charge in [-0.2, -0.15) is 0 Å². The molecule has 5 fully saturated rings. The Kier molecular flexibility index (Phi) is 3.84. The summed E-state index contributed by atoms with van der Waals surface area (Å²) in [5.74, 6) is -0.559. The molecule has 0 aromatic carbocycles. The quantitative estimate of drug-likeness (QED) is 0.473. The Morgan fingerprint density at radius 2 is 2.06 bits per heavy atom. The number of ether oxygens (including phenoxy) is 5. The van der Waals surface area contributed by atoms with Crippen LogP contribution in [-0.4, -0.2) is 65.9 Å². The third kappa shape index (κ3) is 2.14. The lowest BCUT2D eigenvalue weighted by Gasteiger charge is -2.56. The van der Waals surface area contributed by atoms with Gasteiger partial charge < -0.3 is 28.8 Å². The summed E-state index contributed by atoms with van der Waals surface area (Å²) in [5.41, 5.74) is 0.456. The van der Waals surface area contributed by atoms with Crippen molar-refractivity contribution in [2.24, 2.45) is 28.6 Å². The van der Waals surface area contributed by atoms with E-state index >= 15 is 0 Å². The molecule has 0 aromatic rings. The first kappa shape index (κ1) is 21.2. The van der Waals surface area contributed by atoms with Crippen LogP contribution in [0.5, 0.6) is 0 Å². The molecule has 7 rings (SSSR count). The average Bonchev–Trinajstić information content (AvgIpc) is 3.67. The molecular formula is C25H30O9. The third-order valence-corrected chi connectivity index (χ3v) is 10.6. The average molecular weight is 475 g/mol. The molecule has 0 amide bonds. The Labute approximate surface area is 197 Å². The van der Waals surface area contributed by atoms with Crippen LogP contribution in [0.25, 0.3) is 0 Å². The Hall–Kier alpha value is -2.13. The number of carbonyl (C=O) groups is 3. The van der Waals surface area contributed by atoms with Crippen molar-refractivity contribution in [1.82, 2.24) is 0 Å². The molecule has 0 radical (unpaired) electrons. The van der Waals surface area contributed by atoms with Crippen molar-refractivity contribution >= 4 is 18.1 Å². The van der Waals surface area contributed by atoms with Crippen LogP contribution in [0.4, 0.5) is 4.79 Å². The molecule has 7 aliphatic rings. The number of cyclic esters (lactones) is 1. The standard InChI is InChI=1S/C25H30O9/c1-11(2)24-18(34-24)15-9-23(15)22(3)6-4-12-13(10-31-19(12)28)14(22)8-16-25(23,33-16)20(24)32-21(29)30-7-5-17(26)27/h11,14-16,18,20H,4-10H2,1-3H3,(H,26,27)/t14-,15-,16-,18-,20+,22-,23-,24-,25+/m0/s1. The molecule has 0 bridgehead atoms. The number of esters is 1. The van der Waals surface area contributed by atoms with E-state index in [-0.39, 0.29) is 53.9 Å². The molecule has 2 saturated heterocycles. The minimum Gasteiger partial charge on any atom is -0.481 e. The van der Waals surface area contributed by atoms with Gasteiger partial charge >= 0.3 is 18.1 Å². The fourth-order valence-corrected chi connectivity index (χ4v) is 9.03. The van der Waals surface area contributed by atoms with E-state index in [0.29, 0.717) is 18.9 Å². The minimum atomic E-state index is -1.04. The van der Waals surface area contributed by atoms with Crippen LogP contribution in [0, 0.1) is 28.6 Å². The Bertz CT molecular complexity index is 1060. The zero-order valence-electron chi connectivity index (χ0n) is 19.6. The van der Waals surface area contributed by atoms with Crippen molar-refractivity contribution in [3.05, 3.63) is 11.1 Å². The second kappa shape index (κ2) is 6.16. The fourth-order valence-electron chi connectivity index (χ4n) is 9.03. The van der Waals surface area contributed by atoms with Gasteiger partial charge in [-0.05, 0) is 54.4 Å². The number of rotatable bonds is 5. The topological polar surface area (TPSA) is 124 Å². The van der Waals surface area contributed by atoms with Crippen molar-refractivity contribution < 1.29 is 43.2 Å². The van der Waals surface area contributed by atoms with Gasteiger partial charge in [0.1, 0.15) is 24.4 Å². The van der Waals surface area contributed by atoms with E-state index in [9.17, 15) is 14.4 Å². The molecule has 3 heterocycles. The lowest BCUT2D eigenvalue weighted by molar-refractivity contribution is -0.139. The van der Waals surface area contributed by atoms with Gasteiger partial charge in [-0.25, -0.2) is 9.59 Å². The summed E-state index contributed by atoms with van der Waals surface area (Å²) in [6.45, 7) is 6.64. The molecule has 2 spiro atoms. The van der Waals surface area contributed by atoms with Crippen LogP contribution in [0.2, 0.25) is 0 Å². The predicted octanol–water partition coefficient (Wildman–Crippen LogP) is 2.61. The highest BCUT2D eigenvalue weighted by Gasteiger charge is 2.99. The predicted molar refractivity (Wildman–Crippen MR) is 112 cm³/mol. The van der Waals surface area contributed by atoms with Gasteiger partial charge in [-0.15, -0.1) is 0 Å². The zero-order valence-corrected chi connectivity index (χ0v) is 19.6. The maximum Gasteiger partial charge on any atom is 0.508 e. The summed E-state index contributed by atoms with van der Waals surface area (Å²) >= 11 is 0. The summed E-state index contributed by atoms with van der Waals surface area (Å²) in [5, 5.41) is 8.87. The number of carboxylic acid groups (broad SMARTS) is 1. The lowest BCUT2D eigenvalue weighted by atomic mass is 9.45. The second-order valence-electron chi connectivity index (χ2n) is 11.8. The number of fused-ring (bicyclic) bond motifs is 4. The Balaban J connectivity index is 1.26. The summed E-state index contributed by atoms with van der Waals surface area (Å²) in [6, 6.07) is 0. The van der Waals surface area contributed by atoms with Crippen LogP contribution < -0.4 is 0 Å². The first-order chi connectivity index (χ1) is 16.1. The van der Waals surface area contributed by atoms with Crippen molar-refractivity contribution in [1.29, 1.82) is 0 Å². The van der Waals surface area contributed by atoms with Crippen LogP contribution in [0.1, 0.15) is 52.9 Å². The highest BCUT2D eigenvalue weighted by atomic mass is 16.8. The number of hydrogen-bond donors (Lipinski definition) is 1. The van der Waals surface area contributed by atoms with Crippen LogP contribution in [0.15, 0.2) is 11.1 Å². The smallest absolute Gasteiger partial charge is 0.481 e. The molecule has 184 valence electrons. The monoisotopic (exact) mass is 474 g/mol. The molecule has 9 atom stereocenters. The van der Waals surface area contributed by atoms with Crippen molar-refractivity contribution in [3.63, 3.8) is 0 Å². The first-order valence-electron chi connectivity index (χ1n) is 12.4. The van der Waals surface area contributed by atoms with E-state index < -0.39 is 29.4 Å². The maximum atomic E-state index is 12.7. The van der Waals surface area contributed by atoms with E-state index in [1.807, 2.05) is 0 Å². The summed E-state index contributed by atoms with van der Waals surface area (Å²) in [7, 11) is 0. The zero-order chi connectivity index (χ0) is 23.8. The molecule has 1 N–H and O–H groups in total. The van der Waals surface area contributed by atoms with Crippen LogP contribution >= 0.6 is 0 Å². The molecule has 4 aliphatic carbocycles. The largest absolute Gasteiger partial charge is 0.508 e. The van der Waals surface area contributed by atoms with Crippen molar-refractivity contribution in [2.75, 3.05) is 13.2 Å². The normalized spacial score (nSPS) is 50.6. The van der Waals surface area contributed by atoms with Gasteiger partial charge in [0.25, 0.3) is 0 Å². The lowest BCUT2D eigenvalue weighted by Crippen LogP contribution is -2.65. The van der Waals surface area contributed by atoms with Crippen molar-refractivity contribution in [3.8, 4) is 0 Å². The minimum absolute atomic E-state index is 0.00722. The van der Waals surface area contributed by atoms with E-state index in [2.05, 4.69) is 20.8 Å². The highest BCUT2D eigenvalue weighted by molar-refractivity contribution is 5.92. The molecule has 0 aromatic heterocycles. The summed E-state index contributed by atoms with van der Waals surface area (Å²) in [6.07, 6.45) is 1.46. The van der Waals surface area contributed by atoms with Gasteiger partial charge in [0.05, 0.1) is 18.6 Å². The summed E-state index contributed by atoms with van der Waals surface area (Å²) < 4.78 is 29.6. The molecule has 0 unspecified atom stereocenters. The number of epoxide rings is 2. The summed E-state index contributed by atoms with van der Waals surface area (Å²) in [4.78, 5) is 35.8. The van der Waals surface area contributed by atoms with Gasteiger partial charge in [0, 0.05) is 11.0 Å².